The summed E-state index contributed by atoms with van der Waals surface area (Å²) in [5.74, 6) is 0.233. The fraction of sp³-hybridized carbons (Fsp3) is 0.500. The fourth-order valence-corrected chi connectivity index (χ4v) is 7.33. The van der Waals surface area contributed by atoms with Gasteiger partial charge in [0.05, 0.1) is 32.5 Å². The number of rotatable bonds is 4. The predicted octanol–water partition coefficient (Wildman–Crippen LogP) is 2.92. The second kappa shape index (κ2) is 5.76. The van der Waals surface area contributed by atoms with Gasteiger partial charge >= 0.3 is 11.9 Å². The zero-order valence-corrected chi connectivity index (χ0v) is 17.3. The van der Waals surface area contributed by atoms with E-state index in [2.05, 4.69) is 6.08 Å². The summed E-state index contributed by atoms with van der Waals surface area (Å²) in [6.45, 7) is 0. The normalized spacial score (nSPS) is 39.0. The number of carbonyl (C=O) groups excluding carboxylic acids is 2. The van der Waals surface area contributed by atoms with E-state index in [1.807, 2.05) is 24.3 Å². The van der Waals surface area contributed by atoms with Crippen LogP contribution in [0.15, 0.2) is 41.0 Å². The zero-order chi connectivity index (χ0) is 20.8. The molecule has 156 valence electrons. The van der Waals surface area contributed by atoms with Gasteiger partial charge in [0.25, 0.3) is 0 Å². The molecule has 0 N–H and O–H groups in total. The molecule has 1 aliphatic heterocycles. The van der Waals surface area contributed by atoms with Crippen LogP contribution in [-0.4, -0.2) is 44.5 Å². The first-order chi connectivity index (χ1) is 14.5. The number of fused-ring (bicyclic) bond motifs is 4. The van der Waals surface area contributed by atoms with Crippen LogP contribution in [0.25, 0.3) is 6.08 Å². The largest absolute Gasteiger partial charge is 0.497 e. The predicted molar refractivity (Wildman–Crippen MR) is 106 cm³/mol. The van der Waals surface area contributed by atoms with Crippen molar-refractivity contribution in [2.75, 3.05) is 21.3 Å². The van der Waals surface area contributed by atoms with Gasteiger partial charge in [-0.25, -0.2) is 9.59 Å². The lowest BCUT2D eigenvalue weighted by atomic mass is 9.69. The highest BCUT2D eigenvalue weighted by molar-refractivity contribution is 6.06. The molecule has 30 heavy (non-hydrogen) atoms. The molecule has 6 nitrogen and oxygen atoms in total. The van der Waals surface area contributed by atoms with Crippen LogP contribution in [-0.2, 0) is 23.8 Å². The molecule has 1 aromatic carbocycles. The lowest BCUT2D eigenvalue weighted by molar-refractivity contribution is -0.140. The summed E-state index contributed by atoms with van der Waals surface area (Å²) in [6.07, 6.45) is 5.48. The number of esters is 2. The summed E-state index contributed by atoms with van der Waals surface area (Å²) in [5.41, 5.74) is 2.25. The van der Waals surface area contributed by atoms with Crippen molar-refractivity contribution in [3.8, 4) is 5.75 Å². The van der Waals surface area contributed by atoms with Crippen molar-refractivity contribution in [1.29, 1.82) is 0 Å². The third-order valence-electron chi connectivity index (χ3n) is 8.20. The van der Waals surface area contributed by atoms with Crippen molar-refractivity contribution in [3.63, 3.8) is 0 Å². The number of hydrogen-bond acceptors (Lipinski definition) is 6. The van der Waals surface area contributed by atoms with E-state index in [9.17, 15) is 9.59 Å². The van der Waals surface area contributed by atoms with E-state index in [0.29, 0.717) is 23.0 Å². The van der Waals surface area contributed by atoms with E-state index in [-0.39, 0.29) is 23.0 Å². The van der Waals surface area contributed by atoms with Gasteiger partial charge in [-0.15, -0.1) is 0 Å². The van der Waals surface area contributed by atoms with Gasteiger partial charge in [0, 0.05) is 11.8 Å². The lowest BCUT2D eigenvalue weighted by Crippen LogP contribution is -2.42. The third-order valence-corrected chi connectivity index (χ3v) is 8.20. The molecule has 4 fully saturated rings. The first kappa shape index (κ1) is 18.2. The average Bonchev–Trinajstić information content (AvgIpc) is 3.06. The molecule has 0 radical (unpaired) electrons. The minimum Gasteiger partial charge on any atom is -0.497 e. The maximum absolute atomic E-state index is 12.9. The highest BCUT2D eigenvalue weighted by Gasteiger charge is 2.94. The number of carbonyl (C=O) groups is 2. The van der Waals surface area contributed by atoms with E-state index in [4.69, 9.17) is 18.9 Å². The van der Waals surface area contributed by atoms with Gasteiger partial charge in [0.15, 0.2) is 0 Å². The van der Waals surface area contributed by atoms with Crippen LogP contribution in [0.1, 0.15) is 24.8 Å². The van der Waals surface area contributed by atoms with E-state index in [0.717, 1.165) is 36.1 Å². The molecule has 4 aliphatic carbocycles. The van der Waals surface area contributed by atoms with Crippen LogP contribution in [0.2, 0.25) is 0 Å². The summed E-state index contributed by atoms with van der Waals surface area (Å²) in [4.78, 5) is 25.8. The Morgan fingerprint density at radius 2 is 1.47 bits per heavy atom. The zero-order valence-electron chi connectivity index (χ0n) is 17.3. The van der Waals surface area contributed by atoms with Crippen molar-refractivity contribution in [2.24, 2.45) is 23.7 Å². The van der Waals surface area contributed by atoms with E-state index in [1.165, 1.54) is 14.2 Å². The molecule has 3 saturated carbocycles. The Morgan fingerprint density at radius 3 is 1.93 bits per heavy atom. The first-order valence-corrected chi connectivity index (χ1v) is 10.5. The molecule has 6 atom stereocenters. The summed E-state index contributed by atoms with van der Waals surface area (Å²) < 4.78 is 22.1. The van der Waals surface area contributed by atoms with Crippen LogP contribution in [0, 0.1) is 23.7 Å². The van der Waals surface area contributed by atoms with Crippen LogP contribution in [0.5, 0.6) is 5.75 Å². The van der Waals surface area contributed by atoms with E-state index in [1.54, 1.807) is 7.11 Å². The Bertz CT molecular complexity index is 982. The van der Waals surface area contributed by atoms with Crippen molar-refractivity contribution in [2.45, 2.75) is 30.5 Å². The van der Waals surface area contributed by atoms with Crippen molar-refractivity contribution in [3.05, 3.63) is 46.5 Å². The Kier molecular flexibility index (Phi) is 3.49. The van der Waals surface area contributed by atoms with Gasteiger partial charge in [-0.1, -0.05) is 18.2 Å². The molecule has 0 spiro atoms. The summed E-state index contributed by atoms with van der Waals surface area (Å²) >= 11 is 0. The van der Waals surface area contributed by atoms with Gasteiger partial charge in [0.1, 0.15) is 17.0 Å². The smallest absolute Gasteiger partial charge is 0.335 e. The molecule has 5 aliphatic rings. The van der Waals surface area contributed by atoms with Crippen LogP contribution in [0.3, 0.4) is 0 Å². The molecule has 1 saturated heterocycles. The minimum atomic E-state index is -0.454. The van der Waals surface area contributed by atoms with Gasteiger partial charge in [-0.2, -0.15) is 0 Å². The van der Waals surface area contributed by atoms with Gasteiger partial charge in [-0.05, 0) is 54.4 Å². The van der Waals surface area contributed by atoms with Crippen LogP contribution >= 0.6 is 0 Å². The number of benzene rings is 1. The Hall–Kier alpha value is -2.60. The molecule has 6 rings (SSSR count). The lowest BCUT2D eigenvalue weighted by Gasteiger charge is -2.29. The molecule has 6 heteroatoms. The Balaban J connectivity index is 1.54. The van der Waals surface area contributed by atoms with Gasteiger partial charge in [-0.3, -0.25) is 0 Å². The highest BCUT2D eigenvalue weighted by atomic mass is 16.6. The maximum Gasteiger partial charge on any atom is 0.335 e. The van der Waals surface area contributed by atoms with Crippen molar-refractivity contribution in [1.82, 2.24) is 0 Å². The number of epoxide rings is 1. The minimum absolute atomic E-state index is 0.249. The molecular formula is C24H24O6. The highest BCUT2D eigenvalue weighted by Crippen LogP contribution is 2.86. The molecule has 4 bridgehead atoms. The Morgan fingerprint density at radius 1 is 0.933 bits per heavy atom. The molecule has 0 aromatic heterocycles. The second-order valence-corrected chi connectivity index (χ2v) is 8.99. The molecule has 1 aromatic rings. The van der Waals surface area contributed by atoms with Crippen molar-refractivity contribution >= 4 is 18.0 Å². The quantitative estimate of drug-likeness (QED) is 0.563. The summed E-state index contributed by atoms with van der Waals surface area (Å²) in [6, 6.07) is 7.81. The fourth-order valence-electron chi connectivity index (χ4n) is 7.33. The van der Waals surface area contributed by atoms with E-state index >= 15 is 0 Å². The SMILES string of the molecule is COC(=O)C1=C(C(=O)OC)[C@H]2C(=Cc3ccc(OC)cc3)[C@H]1[C@]13O[C@@]21[C@H]1CC[C@H]3C1. The molecular weight excluding hydrogens is 384 g/mol. The van der Waals surface area contributed by atoms with Crippen LogP contribution in [0.4, 0.5) is 0 Å². The van der Waals surface area contributed by atoms with Crippen LogP contribution < -0.4 is 4.74 Å². The monoisotopic (exact) mass is 408 g/mol. The molecule has 0 unspecified atom stereocenters. The third kappa shape index (κ3) is 1.81. The second-order valence-electron chi connectivity index (χ2n) is 8.99. The van der Waals surface area contributed by atoms with E-state index < -0.39 is 11.9 Å². The number of hydrogen-bond donors (Lipinski definition) is 0. The molecule has 0 amide bonds. The van der Waals surface area contributed by atoms with Gasteiger partial charge < -0.3 is 18.9 Å². The first-order valence-electron chi connectivity index (χ1n) is 10.5. The number of ether oxygens (including phenoxy) is 4. The Labute approximate surface area is 174 Å². The standard InChI is InChI=1S/C24H24O6/c1-27-15-8-4-12(5-9-15)10-16-19-17(21(25)28-2)18(22(26)29-3)20(16)24-14-7-6-13(11-14)23(19,24)30-24/h4-5,8-10,13-14,19-20H,6-7,11H2,1-3H3/t13-,14-,19+,20+,23-,24-/m0/s1. The summed E-state index contributed by atoms with van der Waals surface area (Å²) in [7, 11) is 4.37. The van der Waals surface area contributed by atoms with Crippen molar-refractivity contribution < 1.29 is 28.5 Å². The topological polar surface area (TPSA) is 74.4 Å². The number of methoxy groups -OCH3 is 3. The maximum atomic E-state index is 12.9. The summed E-state index contributed by atoms with van der Waals surface area (Å²) in [5, 5.41) is 0. The van der Waals surface area contributed by atoms with Gasteiger partial charge in [0.2, 0.25) is 0 Å². The average molecular weight is 408 g/mol. The molecule has 1 heterocycles.